The SMILES string of the molecule is CC(Oc1cccc(F)c1)C(=O)N(CCO)CCO. The van der Waals surface area contributed by atoms with Crippen molar-refractivity contribution in [2.24, 2.45) is 0 Å². The molecule has 6 heteroatoms. The number of ether oxygens (including phenoxy) is 1. The van der Waals surface area contributed by atoms with Gasteiger partial charge in [-0.3, -0.25) is 4.79 Å². The molecule has 0 aromatic heterocycles. The fourth-order valence-electron chi connectivity index (χ4n) is 1.63. The van der Waals surface area contributed by atoms with Gasteiger partial charge in [0.25, 0.3) is 5.91 Å². The minimum absolute atomic E-state index is 0.121. The lowest BCUT2D eigenvalue weighted by Gasteiger charge is -2.24. The lowest BCUT2D eigenvalue weighted by atomic mass is 10.3. The topological polar surface area (TPSA) is 70.0 Å². The molecule has 0 aliphatic carbocycles. The van der Waals surface area contributed by atoms with Crippen molar-refractivity contribution in [1.29, 1.82) is 0 Å². The molecule has 0 heterocycles. The lowest BCUT2D eigenvalue weighted by Crippen LogP contribution is -2.43. The molecule has 0 aliphatic rings. The summed E-state index contributed by atoms with van der Waals surface area (Å²) in [5.41, 5.74) is 0. The van der Waals surface area contributed by atoms with E-state index < -0.39 is 11.9 Å². The Balaban J connectivity index is 2.65. The van der Waals surface area contributed by atoms with Gasteiger partial charge in [-0.2, -0.15) is 0 Å². The Morgan fingerprint density at radius 1 is 1.37 bits per heavy atom. The molecule has 1 unspecified atom stereocenters. The van der Waals surface area contributed by atoms with E-state index in [-0.39, 0.29) is 38.0 Å². The smallest absolute Gasteiger partial charge is 0.263 e. The number of carbonyl (C=O) groups is 1. The molecule has 0 saturated heterocycles. The van der Waals surface area contributed by atoms with Gasteiger partial charge in [-0.25, -0.2) is 4.39 Å². The average Bonchev–Trinajstić information content (AvgIpc) is 2.37. The molecule has 0 spiro atoms. The van der Waals surface area contributed by atoms with Crippen molar-refractivity contribution < 1.29 is 24.1 Å². The fourth-order valence-corrected chi connectivity index (χ4v) is 1.63. The number of halogens is 1. The summed E-state index contributed by atoms with van der Waals surface area (Å²) in [7, 11) is 0. The standard InChI is InChI=1S/C13H18FNO4/c1-10(13(18)15(5-7-16)6-8-17)19-12-4-2-3-11(14)9-12/h2-4,9-10,16-17H,5-8H2,1H3. The van der Waals surface area contributed by atoms with E-state index in [9.17, 15) is 9.18 Å². The summed E-state index contributed by atoms with van der Waals surface area (Å²) >= 11 is 0. The van der Waals surface area contributed by atoms with Crippen LogP contribution in [0.25, 0.3) is 0 Å². The Morgan fingerprint density at radius 2 is 2.00 bits per heavy atom. The molecule has 0 aliphatic heterocycles. The molecule has 1 atom stereocenters. The molecule has 1 aromatic carbocycles. The summed E-state index contributed by atoms with van der Waals surface area (Å²) in [6.07, 6.45) is -0.820. The molecular formula is C13H18FNO4. The van der Waals surface area contributed by atoms with Crippen LogP contribution >= 0.6 is 0 Å². The number of aliphatic hydroxyl groups excluding tert-OH is 2. The second kappa shape index (κ2) is 7.70. The van der Waals surface area contributed by atoms with Gasteiger partial charge in [-0.15, -0.1) is 0 Å². The molecule has 1 amide bonds. The first-order chi connectivity index (χ1) is 9.08. The van der Waals surface area contributed by atoms with Crippen LogP contribution in [0.15, 0.2) is 24.3 Å². The van der Waals surface area contributed by atoms with E-state index in [1.54, 1.807) is 6.07 Å². The summed E-state index contributed by atoms with van der Waals surface area (Å²) in [4.78, 5) is 13.3. The largest absolute Gasteiger partial charge is 0.481 e. The third-order valence-electron chi connectivity index (χ3n) is 2.51. The molecule has 106 valence electrons. The van der Waals surface area contributed by atoms with E-state index in [4.69, 9.17) is 14.9 Å². The van der Waals surface area contributed by atoms with Crippen molar-refractivity contribution in [3.63, 3.8) is 0 Å². The third kappa shape index (κ3) is 4.84. The molecule has 2 N–H and O–H groups in total. The summed E-state index contributed by atoms with van der Waals surface area (Å²) in [5.74, 6) is -0.555. The van der Waals surface area contributed by atoms with E-state index >= 15 is 0 Å². The molecule has 0 saturated carbocycles. The highest BCUT2D eigenvalue weighted by atomic mass is 19.1. The van der Waals surface area contributed by atoms with Gasteiger partial charge in [0.2, 0.25) is 0 Å². The van der Waals surface area contributed by atoms with E-state index in [1.165, 1.54) is 30.0 Å². The van der Waals surface area contributed by atoms with E-state index in [0.717, 1.165) is 0 Å². The minimum atomic E-state index is -0.820. The van der Waals surface area contributed by atoms with Crippen molar-refractivity contribution >= 4 is 5.91 Å². The fraction of sp³-hybridized carbons (Fsp3) is 0.462. The molecule has 1 aromatic rings. The number of hydrogen-bond donors (Lipinski definition) is 2. The number of nitrogens with zero attached hydrogens (tertiary/aromatic N) is 1. The number of hydrogen-bond acceptors (Lipinski definition) is 4. The van der Waals surface area contributed by atoms with Gasteiger partial charge in [0, 0.05) is 19.2 Å². The zero-order valence-corrected chi connectivity index (χ0v) is 10.8. The molecule has 5 nitrogen and oxygen atoms in total. The van der Waals surface area contributed by atoms with Crippen LogP contribution in [0.1, 0.15) is 6.92 Å². The average molecular weight is 271 g/mol. The predicted molar refractivity (Wildman–Crippen MR) is 67.2 cm³/mol. The van der Waals surface area contributed by atoms with E-state index in [2.05, 4.69) is 0 Å². The maximum Gasteiger partial charge on any atom is 0.263 e. The third-order valence-corrected chi connectivity index (χ3v) is 2.51. The van der Waals surface area contributed by atoms with Crippen LogP contribution in [0, 0.1) is 5.82 Å². The van der Waals surface area contributed by atoms with Gasteiger partial charge in [-0.05, 0) is 19.1 Å². The van der Waals surface area contributed by atoms with Crippen LogP contribution in [0.3, 0.4) is 0 Å². The summed E-state index contributed by atoms with van der Waals surface area (Å²) in [6.45, 7) is 1.39. The Bertz CT molecular complexity index is 407. The Kier molecular flexibility index (Phi) is 6.24. The number of rotatable bonds is 7. The van der Waals surface area contributed by atoms with Crippen molar-refractivity contribution in [2.75, 3.05) is 26.3 Å². The van der Waals surface area contributed by atoms with E-state index in [1.807, 2.05) is 0 Å². The van der Waals surface area contributed by atoms with Gasteiger partial charge in [0.05, 0.1) is 13.2 Å². The first-order valence-electron chi connectivity index (χ1n) is 6.01. The quantitative estimate of drug-likeness (QED) is 0.753. The Labute approximate surface area is 111 Å². The maximum atomic E-state index is 13.0. The van der Waals surface area contributed by atoms with Crippen LogP contribution in [0.4, 0.5) is 4.39 Å². The molecule has 0 fully saturated rings. The van der Waals surface area contributed by atoms with Crippen molar-refractivity contribution in [1.82, 2.24) is 4.90 Å². The zero-order valence-electron chi connectivity index (χ0n) is 10.8. The van der Waals surface area contributed by atoms with Crippen LogP contribution in [0.2, 0.25) is 0 Å². The molecule has 1 rings (SSSR count). The van der Waals surface area contributed by atoms with Gasteiger partial charge in [0.15, 0.2) is 6.10 Å². The van der Waals surface area contributed by atoms with Crippen LogP contribution in [-0.4, -0.2) is 53.4 Å². The Morgan fingerprint density at radius 3 is 2.53 bits per heavy atom. The second-order valence-electron chi connectivity index (χ2n) is 3.99. The molecule has 0 radical (unpaired) electrons. The maximum absolute atomic E-state index is 13.0. The number of amides is 1. The summed E-state index contributed by atoms with van der Waals surface area (Å²) in [6, 6.07) is 5.51. The van der Waals surface area contributed by atoms with Gasteiger partial charge >= 0.3 is 0 Å². The zero-order chi connectivity index (χ0) is 14.3. The first kappa shape index (κ1) is 15.4. The number of aliphatic hydroxyl groups is 2. The summed E-state index contributed by atoms with van der Waals surface area (Å²) in [5, 5.41) is 17.7. The van der Waals surface area contributed by atoms with Crippen LogP contribution in [-0.2, 0) is 4.79 Å². The molecular weight excluding hydrogens is 253 g/mol. The monoisotopic (exact) mass is 271 g/mol. The van der Waals surface area contributed by atoms with Crippen molar-refractivity contribution in [3.8, 4) is 5.75 Å². The number of carbonyl (C=O) groups excluding carboxylic acids is 1. The van der Waals surface area contributed by atoms with Gasteiger partial charge in [0.1, 0.15) is 11.6 Å². The highest BCUT2D eigenvalue weighted by Gasteiger charge is 2.21. The first-order valence-corrected chi connectivity index (χ1v) is 6.01. The van der Waals surface area contributed by atoms with Crippen molar-refractivity contribution in [2.45, 2.75) is 13.0 Å². The minimum Gasteiger partial charge on any atom is -0.481 e. The summed E-state index contributed by atoms with van der Waals surface area (Å²) < 4.78 is 18.3. The normalized spacial score (nSPS) is 12.0. The number of benzene rings is 1. The highest BCUT2D eigenvalue weighted by molar-refractivity contribution is 5.80. The van der Waals surface area contributed by atoms with E-state index in [0.29, 0.717) is 0 Å². The van der Waals surface area contributed by atoms with Gasteiger partial charge < -0.3 is 19.8 Å². The molecule has 19 heavy (non-hydrogen) atoms. The van der Waals surface area contributed by atoms with Crippen LogP contribution in [0.5, 0.6) is 5.75 Å². The second-order valence-corrected chi connectivity index (χ2v) is 3.99. The lowest BCUT2D eigenvalue weighted by molar-refractivity contribution is -0.139. The predicted octanol–water partition coefficient (Wildman–Crippen LogP) is 0.406. The highest BCUT2D eigenvalue weighted by Crippen LogP contribution is 2.14. The molecule has 0 bridgehead atoms. The van der Waals surface area contributed by atoms with Gasteiger partial charge in [-0.1, -0.05) is 6.07 Å². The van der Waals surface area contributed by atoms with Crippen molar-refractivity contribution in [3.05, 3.63) is 30.1 Å². The Hall–Kier alpha value is -1.66. The van der Waals surface area contributed by atoms with Crippen LogP contribution < -0.4 is 4.74 Å².